The SMILES string of the molecule is O=C(Cn1ncn2nc(-c3cccc4ccccc34)cc2c1=O)NCCC1=CCCCC1. The lowest BCUT2D eigenvalue weighted by atomic mass is 9.97. The molecule has 1 amide bonds. The van der Waals surface area contributed by atoms with Crippen LogP contribution in [0, 0.1) is 0 Å². The first kappa shape index (κ1) is 20.2. The van der Waals surface area contributed by atoms with Gasteiger partial charge in [0.15, 0.2) is 0 Å². The zero-order valence-electron chi connectivity index (χ0n) is 17.8. The number of fused-ring (bicyclic) bond motifs is 2. The topological polar surface area (TPSA) is 81.3 Å². The van der Waals surface area contributed by atoms with E-state index in [4.69, 9.17) is 0 Å². The van der Waals surface area contributed by atoms with Crippen molar-refractivity contribution in [1.82, 2.24) is 24.7 Å². The van der Waals surface area contributed by atoms with E-state index in [1.807, 2.05) is 42.5 Å². The van der Waals surface area contributed by atoms with Gasteiger partial charge < -0.3 is 5.32 Å². The highest BCUT2D eigenvalue weighted by atomic mass is 16.2. The summed E-state index contributed by atoms with van der Waals surface area (Å²) in [7, 11) is 0. The standard InChI is InChI=1S/C25H25N5O2/c31-24(26-14-13-18-7-2-1-3-8-18)16-29-25(32)23-15-22(28-30(23)17-27-29)21-12-6-10-19-9-4-5-11-20(19)21/h4-7,9-12,15,17H,1-3,8,13-14,16H2,(H,26,31). The normalized spacial score (nSPS) is 13.9. The number of rotatable bonds is 6. The number of hydrogen-bond donors (Lipinski definition) is 1. The van der Waals surface area contributed by atoms with Crippen LogP contribution in [0.15, 0.2) is 71.3 Å². The third-order valence-electron chi connectivity index (χ3n) is 6.00. The molecule has 0 atom stereocenters. The number of nitrogens with zero attached hydrogens (tertiary/aromatic N) is 4. The van der Waals surface area contributed by atoms with Gasteiger partial charge in [0.2, 0.25) is 5.91 Å². The van der Waals surface area contributed by atoms with E-state index in [0.717, 1.165) is 35.6 Å². The van der Waals surface area contributed by atoms with Gasteiger partial charge in [0.05, 0.1) is 5.69 Å². The quantitative estimate of drug-likeness (QED) is 0.476. The molecule has 2 aromatic carbocycles. The molecule has 0 unspecified atom stereocenters. The van der Waals surface area contributed by atoms with Gasteiger partial charge in [-0.25, -0.2) is 9.20 Å². The van der Waals surface area contributed by atoms with Crippen molar-refractivity contribution >= 4 is 22.2 Å². The van der Waals surface area contributed by atoms with Gasteiger partial charge in [-0.15, -0.1) is 0 Å². The average molecular weight is 428 g/mol. The second kappa shape index (κ2) is 8.78. The van der Waals surface area contributed by atoms with Crippen molar-refractivity contribution in [1.29, 1.82) is 0 Å². The maximum atomic E-state index is 12.9. The minimum Gasteiger partial charge on any atom is -0.354 e. The van der Waals surface area contributed by atoms with Crippen molar-refractivity contribution in [3.8, 4) is 11.3 Å². The van der Waals surface area contributed by atoms with Crippen molar-refractivity contribution in [2.75, 3.05) is 6.54 Å². The zero-order valence-corrected chi connectivity index (χ0v) is 17.8. The van der Waals surface area contributed by atoms with E-state index in [1.165, 1.54) is 33.9 Å². The van der Waals surface area contributed by atoms with Crippen molar-refractivity contribution in [2.24, 2.45) is 0 Å². The van der Waals surface area contributed by atoms with E-state index in [9.17, 15) is 9.59 Å². The number of hydrogen-bond acceptors (Lipinski definition) is 4. The van der Waals surface area contributed by atoms with E-state index in [0.29, 0.717) is 17.8 Å². The molecule has 0 radical (unpaired) electrons. The molecule has 1 N–H and O–H groups in total. The van der Waals surface area contributed by atoms with Gasteiger partial charge in [0, 0.05) is 12.1 Å². The minimum atomic E-state index is -0.336. The number of nitrogens with one attached hydrogen (secondary N) is 1. The van der Waals surface area contributed by atoms with Crippen molar-refractivity contribution in [3.05, 3.63) is 76.9 Å². The summed E-state index contributed by atoms with van der Waals surface area (Å²) in [4.78, 5) is 25.3. The van der Waals surface area contributed by atoms with Crippen molar-refractivity contribution in [2.45, 2.75) is 38.6 Å². The lowest BCUT2D eigenvalue weighted by molar-refractivity contribution is -0.121. The maximum absolute atomic E-state index is 12.9. The molecule has 0 saturated carbocycles. The van der Waals surface area contributed by atoms with Crippen LogP contribution in [-0.2, 0) is 11.3 Å². The number of carbonyl (C=O) groups excluding carboxylic acids is 1. The van der Waals surface area contributed by atoms with Crippen LogP contribution < -0.4 is 10.9 Å². The summed E-state index contributed by atoms with van der Waals surface area (Å²) < 4.78 is 2.67. The number of allylic oxidation sites excluding steroid dienone is 1. The summed E-state index contributed by atoms with van der Waals surface area (Å²) in [6.07, 6.45) is 9.36. The second-order valence-corrected chi connectivity index (χ2v) is 8.19. The molecule has 162 valence electrons. The molecule has 4 aromatic rings. The van der Waals surface area contributed by atoms with Crippen LogP contribution in [0.25, 0.3) is 27.5 Å². The first-order chi connectivity index (χ1) is 15.7. The molecule has 5 rings (SSSR count). The Morgan fingerprint density at radius 3 is 2.84 bits per heavy atom. The van der Waals surface area contributed by atoms with Gasteiger partial charge in [-0.3, -0.25) is 9.59 Å². The van der Waals surface area contributed by atoms with Gasteiger partial charge in [-0.1, -0.05) is 54.1 Å². The number of aromatic nitrogens is 4. The summed E-state index contributed by atoms with van der Waals surface area (Å²) in [5, 5.41) is 13.8. The minimum absolute atomic E-state index is 0.108. The van der Waals surface area contributed by atoms with Gasteiger partial charge in [-0.2, -0.15) is 10.2 Å². The van der Waals surface area contributed by atoms with Crippen LogP contribution in [-0.4, -0.2) is 31.8 Å². The van der Waals surface area contributed by atoms with Crippen LogP contribution >= 0.6 is 0 Å². The number of benzene rings is 2. The Labute approximate surface area is 185 Å². The van der Waals surface area contributed by atoms with E-state index in [1.54, 1.807) is 6.07 Å². The van der Waals surface area contributed by atoms with Gasteiger partial charge in [0.25, 0.3) is 5.56 Å². The lowest BCUT2D eigenvalue weighted by Gasteiger charge is -2.13. The molecule has 0 aliphatic heterocycles. The van der Waals surface area contributed by atoms with E-state index >= 15 is 0 Å². The van der Waals surface area contributed by atoms with Gasteiger partial charge in [-0.05, 0) is 48.9 Å². The smallest absolute Gasteiger partial charge is 0.293 e. The molecule has 0 fully saturated rings. The molecule has 7 heteroatoms. The zero-order chi connectivity index (χ0) is 21.9. The molecule has 2 aromatic heterocycles. The summed E-state index contributed by atoms with van der Waals surface area (Å²) in [6.45, 7) is 0.475. The van der Waals surface area contributed by atoms with Crippen LogP contribution in [0.1, 0.15) is 32.1 Å². The highest BCUT2D eigenvalue weighted by Gasteiger charge is 2.14. The van der Waals surface area contributed by atoms with Crippen molar-refractivity contribution < 1.29 is 4.79 Å². The fourth-order valence-electron chi connectivity index (χ4n) is 4.32. The van der Waals surface area contributed by atoms with Crippen LogP contribution in [0.5, 0.6) is 0 Å². The van der Waals surface area contributed by atoms with Crippen LogP contribution in [0.4, 0.5) is 0 Å². The number of amides is 1. The monoisotopic (exact) mass is 427 g/mol. The number of carbonyl (C=O) groups is 1. The Bertz CT molecular complexity index is 1380. The Hall–Kier alpha value is -3.74. The Morgan fingerprint density at radius 1 is 1.09 bits per heavy atom. The summed E-state index contributed by atoms with van der Waals surface area (Å²) >= 11 is 0. The summed E-state index contributed by atoms with van der Waals surface area (Å²) in [6, 6.07) is 15.8. The molecular weight excluding hydrogens is 402 g/mol. The highest BCUT2D eigenvalue weighted by Crippen LogP contribution is 2.27. The Kier molecular flexibility index (Phi) is 5.54. The van der Waals surface area contributed by atoms with Gasteiger partial charge >= 0.3 is 0 Å². The fraction of sp³-hybridized carbons (Fsp3) is 0.280. The third kappa shape index (κ3) is 4.06. The average Bonchev–Trinajstić information content (AvgIpc) is 3.26. The summed E-state index contributed by atoms with van der Waals surface area (Å²) in [5.74, 6) is -0.214. The maximum Gasteiger partial charge on any atom is 0.293 e. The van der Waals surface area contributed by atoms with E-state index in [-0.39, 0.29) is 18.0 Å². The van der Waals surface area contributed by atoms with E-state index in [2.05, 4.69) is 21.6 Å². The van der Waals surface area contributed by atoms with Gasteiger partial charge in [0.1, 0.15) is 18.4 Å². The molecular formula is C25H25N5O2. The molecule has 1 aliphatic carbocycles. The molecule has 32 heavy (non-hydrogen) atoms. The van der Waals surface area contributed by atoms with Crippen molar-refractivity contribution in [3.63, 3.8) is 0 Å². The molecule has 0 bridgehead atoms. The first-order valence-corrected chi connectivity index (χ1v) is 11.1. The predicted molar refractivity (Wildman–Crippen MR) is 124 cm³/mol. The Balaban J connectivity index is 1.34. The molecule has 2 heterocycles. The largest absolute Gasteiger partial charge is 0.354 e. The van der Waals surface area contributed by atoms with Crippen LogP contribution in [0.3, 0.4) is 0 Å². The van der Waals surface area contributed by atoms with E-state index < -0.39 is 0 Å². The molecule has 1 aliphatic rings. The second-order valence-electron chi connectivity index (χ2n) is 8.19. The predicted octanol–water partition coefficient (Wildman–Crippen LogP) is 3.72. The fourth-order valence-corrected chi connectivity index (χ4v) is 4.32. The molecule has 7 nitrogen and oxygen atoms in total. The first-order valence-electron chi connectivity index (χ1n) is 11.1. The Morgan fingerprint density at radius 2 is 1.97 bits per heavy atom. The molecule has 0 saturated heterocycles. The van der Waals surface area contributed by atoms with Crippen LogP contribution in [0.2, 0.25) is 0 Å². The molecule has 0 spiro atoms. The lowest BCUT2D eigenvalue weighted by Crippen LogP contribution is -2.34. The summed E-state index contributed by atoms with van der Waals surface area (Å²) in [5.41, 5.74) is 3.12. The highest BCUT2D eigenvalue weighted by molar-refractivity contribution is 5.96. The third-order valence-corrected chi connectivity index (χ3v) is 6.00.